The van der Waals surface area contributed by atoms with Crippen LogP contribution in [-0.2, 0) is 0 Å². The molecule has 0 atom stereocenters. The Hall–Kier alpha value is -0.120. The number of aliphatic hydroxyl groups is 1. The third-order valence-electron chi connectivity index (χ3n) is 3.69. The van der Waals surface area contributed by atoms with Gasteiger partial charge in [-0.3, -0.25) is 4.90 Å². The van der Waals surface area contributed by atoms with Gasteiger partial charge in [-0.15, -0.1) is 0 Å². The predicted octanol–water partition coefficient (Wildman–Crippen LogP) is 1.21. The number of aliphatic hydroxyl groups excluding tert-OH is 1. The van der Waals surface area contributed by atoms with E-state index < -0.39 is 0 Å². The van der Waals surface area contributed by atoms with Crippen LogP contribution in [0.15, 0.2) is 0 Å². The Morgan fingerprint density at radius 2 is 1.67 bits per heavy atom. The highest BCUT2D eigenvalue weighted by Crippen LogP contribution is 2.40. The number of nitrogens with two attached hydrogens (primary N) is 1. The highest BCUT2D eigenvalue weighted by Gasteiger charge is 2.44. The van der Waals surface area contributed by atoms with Crippen LogP contribution >= 0.6 is 0 Å². The summed E-state index contributed by atoms with van der Waals surface area (Å²) in [5, 5.41) is 9.14. The second kappa shape index (κ2) is 4.40. The molecule has 1 heterocycles. The van der Waals surface area contributed by atoms with Gasteiger partial charge < -0.3 is 10.8 Å². The lowest BCUT2D eigenvalue weighted by molar-refractivity contribution is -0.0572. The molecular weight excluding hydrogens is 188 g/mol. The summed E-state index contributed by atoms with van der Waals surface area (Å²) < 4.78 is 0. The smallest absolute Gasteiger partial charge is 0.0558 e. The molecule has 3 nitrogen and oxygen atoms in total. The van der Waals surface area contributed by atoms with Gasteiger partial charge in [-0.25, -0.2) is 0 Å². The molecule has 1 rings (SSSR count). The average Bonchev–Trinajstić information content (AvgIpc) is 2.10. The van der Waals surface area contributed by atoms with Gasteiger partial charge in [-0.1, -0.05) is 0 Å². The monoisotopic (exact) mass is 214 g/mol. The van der Waals surface area contributed by atoms with Gasteiger partial charge in [0.2, 0.25) is 0 Å². The maximum absolute atomic E-state index is 9.14. The zero-order valence-electron chi connectivity index (χ0n) is 10.6. The number of nitrogens with zero attached hydrogens (tertiary/aromatic N) is 1. The van der Waals surface area contributed by atoms with Gasteiger partial charge in [0.25, 0.3) is 0 Å². The quantitative estimate of drug-likeness (QED) is 0.742. The van der Waals surface area contributed by atoms with Gasteiger partial charge in [0.15, 0.2) is 0 Å². The third kappa shape index (κ3) is 2.71. The summed E-state index contributed by atoms with van der Waals surface area (Å²) in [6.07, 6.45) is 2.26. The van der Waals surface area contributed by atoms with Crippen LogP contribution in [0.2, 0.25) is 0 Å². The third-order valence-corrected chi connectivity index (χ3v) is 3.69. The van der Waals surface area contributed by atoms with Gasteiger partial charge in [0, 0.05) is 17.6 Å². The van der Waals surface area contributed by atoms with Gasteiger partial charge >= 0.3 is 0 Å². The average molecular weight is 214 g/mol. The molecule has 0 saturated carbocycles. The minimum absolute atomic E-state index is 0.147. The van der Waals surface area contributed by atoms with Gasteiger partial charge in [0.05, 0.1) is 6.61 Å². The topological polar surface area (TPSA) is 49.5 Å². The van der Waals surface area contributed by atoms with E-state index in [4.69, 9.17) is 10.8 Å². The number of β-amino-alcohol motifs (C(OH)–C–C–N with tert-alkyl or cyclic N) is 1. The minimum Gasteiger partial charge on any atom is -0.395 e. The maximum Gasteiger partial charge on any atom is 0.0558 e. The van der Waals surface area contributed by atoms with E-state index in [0.29, 0.717) is 5.92 Å². The first kappa shape index (κ1) is 12.9. The minimum atomic E-state index is 0.147. The van der Waals surface area contributed by atoms with Crippen molar-refractivity contribution in [1.82, 2.24) is 4.90 Å². The molecule has 1 aliphatic heterocycles. The first-order valence-electron chi connectivity index (χ1n) is 5.92. The summed E-state index contributed by atoms with van der Waals surface area (Å²) in [6.45, 7) is 10.8. The number of likely N-dealkylation sites (tertiary alicyclic amines) is 1. The second-order valence-electron chi connectivity index (χ2n) is 6.01. The molecule has 1 fully saturated rings. The van der Waals surface area contributed by atoms with Crippen LogP contribution in [-0.4, -0.2) is 40.8 Å². The number of rotatable bonds is 3. The molecule has 1 aliphatic rings. The molecular formula is C12H26N2O. The molecule has 0 aliphatic carbocycles. The van der Waals surface area contributed by atoms with Crippen molar-refractivity contribution < 1.29 is 5.11 Å². The summed E-state index contributed by atoms with van der Waals surface area (Å²) >= 11 is 0. The summed E-state index contributed by atoms with van der Waals surface area (Å²) in [7, 11) is 0. The molecule has 0 radical (unpaired) electrons. The predicted molar refractivity (Wildman–Crippen MR) is 63.7 cm³/mol. The van der Waals surface area contributed by atoms with Crippen LogP contribution in [0.25, 0.3) is 0 Å². The van der Waals surface area contributed by atoms with Crippen LogP contribution in [0, 0.1) is 5.92 Å². The van der Waals surface area contributed by atoms with Crippen LogP contribution in [0.1, 0.15) is 40.5 Å². The van der Waals surface area contributed by atoms with E-state index in [0.717, 1.165) is 25.9 Å². The van der Waals surface area contributed by atoms with Crippen molar-refractivity contribution in [2.45, 2.75) is 51.6 Å². The number of hydrogen-bond donors (Lipinski definition) is 2. The molecule has 0 aromatic rings. The highest BCUT2D eigenvalue weighted by molar-refractivity contribution is 4.99. The normalized spacial score (nSPS) is 26.8. The molecule has 0 unspecified atom stereocenters. The molecule has 0 amide bonds. The van der Waals surface area contributed by atoms with Gasteiger partial charge in [-0.2, -0.15) is 0 Å². The van der Waals surface area contributed by atoms with Crippen molar-refractivity contribution in [2.24, 2.45) is 11.7 Å². The van der Waals surface area contributed by atoms with Crippen molar-refractivity contribution in [3.8, 4) is 0 Å². The summed E-state index contributed by atoms with van der Waals surface area (Å²) in [5.41, 5.74) is 6.09. The van der Waals surface area contributed by atoms with Gasteiger partial charge in [0.1, 0.15) is 0 Å². The van der Waals surface area contributed by atoms with Crippen molar-refractivity contribution in [2.75, 3.05) is 19.7 Å². The van der Waals surface area contributed by atoms with Crippen LogP contribution in [0.3, 0.4) is 0 Å². The van der Waals surface area contributed by atoms with Crippen LogP contribution < -0.4 is 5.73 Å². The second-order valence-corrected chi connectivity index (χ2v) is 6.01. The Morgan fingerprint density at radius 3 is 2.00 bits per heavy atom. The fraction of sp³-hybridized carbons (Fsp3) is 1.00. The standard InChI is InChI=1S/C12H26N2O/c1-11(2)7-10(9-13)8-12(3,4)14(11)5-6-15/h10,15H,5-9,13H2,1-4H3. The number of hydrogen-bond acceptors (Lipinski definition) is 3. The SMILES string of the molecule is CC1(C)CC(CN)CC(C)(C)N1CCO. The Bertz CT molecular complexity index is 196. The van der Waals surface area contributed by atoms with E-state index in [9.17, 15) is 0 Å². The van der Waals surface area contributed by atoms with E-state index in [-0.39, 0.29) is 17.7 Å². The fourth-order valence-corrected chi connectivity index (χ4v) is 3.40. The Balaban J connectivity index is 2.85. The molecule has 0 bridgehead atoms. The summed E-state index contributed by atoms with van der Waals surface area (Å²) in [4.78, 5) is 2.42. The molecule has 3 N–H and O–H groups in total. The van der Waals surface area contributed by atoms with E-state index >= 15 is 0 Å². The fourth-order valence-electron chi connectivity index (χ4n) is 3.40. The molecule has 0 aromatic heterocycles. The van der Waals surface area contributed by atoms with Crippen molar-refractivity contribution in [1.29, 1.82) is 0 Å². The van der Waals surface area contributed by atoms with E-state index in [2.05, 4.69) is 32.6 Å². The van der Waals surface area contributed by atoms with E-state index in [1.165, 1.54) is 0 Å². The van der Waals surface area contributed by atoms with Gasteiger partial charge in [-0.05, 0) is 53.0 Å². The summed E-state index contributed by atoms with van der Waals surface area (Å²) in [6, 6.07) is 0. The lowest BCUT2D eigenvalue weighted by atomic mass is 9.73. The molecule has 3 heteroatoms. The molecule has 90 valence electrons. The lowest BCUT2D eigenvalue weighted by Crippen LogP contribution is -2.61. The molecule has 15 heavy (non-hydrogen) atoms. The van der Waals surface area contributed by atoms with Crippen LogP contribution in [0.5, 0.6) is 0 Å². The highest BCUT2D eigenvalue weighted by atomic mass is 16.3. The Labute approximate surface area is 93.6 Å². The first-order chi connectivity index (χ1) is 6.83. The van der Waals surface area contributed by atoms with Crippen LogP contribution in [0.4, 0.5) is 0 Å². The van der Waals surface area contributed by atoms with Crippen molar-refractivity contribution in [3.63, 3.8) is 0 Å². The Kier molecular flexibility index (Phi) is 3.80. The summed E-state index contributed by atoms with van der Waals surface area (Å²) in [5.74, 6) is 0.616. The number of piperidine rings is 1. The molecule has 0 aromatic carbocycles. The maximum atomic E-state index is 9.14. The zero-order valence-corrected chi connectivity index (χ0v) is 10.6. The zero-order chi connectivity index (χ0) is 11.7. The molecule has 1 saturated heterocycles. The van der Waals surface area contributed by atoms with Crippen molar-refractivity contribution in [3.05, 3.63) is 0 Å². The lowest BCUT2D eigenvalue weighted by Gasteiger charge is -2.55. The first-order valence-corrected chi connectivity index (χ1v) is 5.92. The Morgan fingerprint density at radius 1 is 1.20 bits per heavy atom. The van der Waals surface area contributed by atoms with E-state index in [1.807, 2.05) is 0 Å². The van der Waals surface area contributed by atoms with E-state index in [1.54, 1.807) is 0 Å². The molecule has 0 spiro atoms. The largest absolute Gasteiger partial charge is 0.395 e. The van der Waals surface area contributed by atoms with Crippen molar-refractivity contribution >= 4 is 0 Å².